The summed E-state index contributed by atoms with van der Waals surface area (Å²) in [6.45, 7) is 6.55. The molecule has 1 aromatic rings. The second-order valence-electron chi connectivity index (χ2n) is 4.95. The van der Waals surface area contributed by atoms with Crippen molar-refractivity contribution in [2.24, 2.45) is 5.92 Å². The van der Waals surface area contributed by atoms with Crippen LogP contribution in [0.25, 0.3) is 0 Å². The standard InChI is InChI=1S/C13H22N4OS/c1-3-10-5-6-12(18)17(8-7-10)9-11-15-16-13(19-11)14-4-2/h10H,3-9H2,1-2H3,(H,14,16). The van der Waals surface area contributed by atoms with E-state index in [1.807, 2.05) is 11.8 Å². The van der Waals surface area contributed by atoms with Crippen LogP contribution in [0.3, 0.4) is 0 Å². The number of rotatable bonds is 5. The number of carbonyl (C=O) groups is 1. The minimum absolute atomic E-state index is 0.260. The molecular formula is C13H22N4OS. The fourth-order valence-corrected chi connectivity index (χ4v) is 3.20. The predicted molar refractivity (Wildman–Crippen MR) is 77.1 cm³/mol. The quantitative estimate of drug-likeness (QED) is 0.901. The van der Waals surface area contributed by atoms with Crippen LogP contribution in [-0.2, 0) is 11.3 Å². The number of hydrogen-bond acceptors (Lipinski definition) is 5. The zero-order valence-electron chi connectivity index (χ0n) is 11.7. The minimum atomic E-state index is 0.260. The van der Waals surface area contributed by atoms with Crippen molar-refractivity contribution < 1.29 is 4.79 Å². The predicted octanol–water partition coefficient (Wildman–Crippen LogP) is 2.51. The molecule has 5 nitrogen and oxygen atoms in total. The smallest absolute Gasteiger partial charge is 0.222 e. The normalized spacial score (nSPS) is 20.4. The van der Waals surface area contributed by atoms with E-state index in [1.165, 1.54) is 17.8 Å². The average molecular weight is 282 g/mol. The third-order valence-electron chi connectivity index (χ3n) is 3.62. The topological polar surface area (TPSA) is 58.1 Å². The lowest BCUT2D eigenvalue weighted by molar-refractivity contribution is -0.131. The number of nitrogens with zero attached hydrogens (tertiary/aromatic N) is 3. The molecule has 0 aliphatic carbocycles. The lowest BCUT2D eigenvalue weighted by Gasteiger charge is -2.19. The Balaban J connectivity index is 1.94. The first-order chi connectivity index (χ1) is 9.22. The molecule has 0 bridgehead atoms. The number of carbonyl (C=O) groups excluding carboxylic acids is 1. The molecule has 1 N–H and O–H groups in total. The molecule has 0 spiro atoms. The molecule has 1 amide bonds. The molecule has 19 heavy (non-hydrogen) atoms. The van der Waals surface area contributed by atoms with Gasteiger partial charge in [0.15, 0.2) is 0 Å². The van der Waals surface area contributed by atoms with E-state index >= 15 is 0 Å². The van der Waals surface area contributed by atoms with Gasteiger partial charge in [-0.25, -0.2) is 0 Å². The molecule has 1 aliphatic heterocycles. The molecule has 1 fully saturated rings. The van der Waals surface area contributed by atoms with Gasteiger partial charge in [-0.2, -0.15) is 0 Å². The molecule has 6 heteroatoms. The number of nitrogens with one attached hydrogen (secondary N) is 1. The van der Waals surface area contributed by atoms with Crippen molar-refractivity contribution in [1.29, 1.82) is 0 Å². The molecule has 0 aromatic carbocycles. The highest BCUT2D eigenvalue weighted by molar-refractivity contribution is 7.15. The maximum atomic E-state index is 12.1. The van der Waals surface area contributed by atoms with Gasteiger partial charge in [0, 0.05) is 19.5 Å². The van der Waals surface area contributed by atoms with Gasteiger partial charge in [0.1, 0.15) is 5.01 Å². The van der Waals surface area contributed by atoms with Crippen LogP contribution in [0.2, 0.25) is 0 Å². The largest absolute Gasteiger partial charge is 0.360 e. The van der Waals surface area contributed by atoms with Crippen LogP contribution in [0.15, 0.2) is 0 Å². The molecule has 2 rings (SSSR count). The maximum absolute atomic E-state index is 12.1. The van der Waals surface area contributed by atoms with E-state index in [2.05, 4.69) is 22.4 Å². The molecular weight excluding hydrogens is 260 g/mol. The molecule has 106 valence electrons. The number of hydrogen-bond donors (Lipinski definition) is 1. The minimum Gasteiger partial charge on any atom is -0.360 e. The summed E-state index contributed by atoms with van der Waals surface area (Å²) in [6.07, 6.45) is 3.99. The summed E-state index contributed by atoms with van der Waals surface area (Å²) in [6, 6.07) is 0. The van der Waals surface area contributed by atoms with Crippen molar-refractivity contribution in [3.05, 3.63) is 5.01 Å². The molecule has 1 saturated heterocycles. The van der Waals surface area contributed by atoms with E-state index in [-0.39, 0.29) is 5.91 Å². The van der Waals surface area contributed by atoms with Crippen LogP contribution >= 0.6 is 11.3 Å². The van der Waals surface area contributed by atoms with Gasteiger partial charge in [-0.05, 0) is 25.7 Å². The van der Waals surface area contributed by atoms with Crippen LogP contribution in [0.5, 0.6) is 0 Å². The third kappa shape index (κ3) is 3.89. The van der Waals surface area contributed by atoms with E-state index in [4.69, 9.17) is 0 Å². The molecule has 1 unspecified atom stereocenters. The Morgan fingerprint density at radius 3 is 2.95 bits per heavy atom. The Morgan fingerprint density at radius 1 is 1.37 bits per heavy atom. The Morgan fingerprint density at radius 2 is 2.21 bits per heavy atom. The van der Waals surface area contributed by atoms with Gasteiger partial charge in [-0.3, -0.25) is 4.79 Å². The summed E-state index contributed by atoms with van der Waals surface area (Å²) < 4.78 is 0. The highest BCUT2D eigenvalue weighted by Crippen LogP contribution is 2.23. The van der Waals surface area contributed by atoms with Crippen molar-refractivity contribution in [1.82, 2.24) is 15.1 Å². The molecule has 1 aromatic heterocycles. The Labute approximate surface area is 118 Å². The summed E-state index contributed by atoms with van der Waals surface area (Å²) in [5.41, 5.74) is 0. The van der Waals surface area contributed by atoms with Crippen molar-refractivity contribution >= 4 is 22.4 Å². The Kier molecular flexibility index (Phi) is 5.13. The van der Waals surface area contributed by atoms with Crippen molar-refractivity contribution in [3.63, 3.8) is 0 Å². The van der Waals surface area contributed by atoms with Crippen molar-refractivity contribution in [2.75, 3.05) is 18.4 Å². The lowest BCUT2D eigenvalue weighted by atomic mass is 9.98. The second-order valence-corrected chi connectivity index (χ2v) is 6.01. The van der Waals surface area contributed by atoms with Gasteiger partial charge in [0.05, 0.1) is 6.54 Å². The SMILES string of the molecule is CCNc1nnc(CN2CCC(CC)CCC2=O)s1. The Bertz CT molecular complexity index is 421. The van der Waals surface area contributed by atoms with Gasteiger partial charge in [0.2, 0.25) is 11.0 Å². The van der Waals surface area contributed by atoms with Crippen LogP contribution < -0.4 is 5.32 Å². The number of aromatic nitrogens is 2. The summed E-state index contributed by atoms with van der Waals surface area (Å²) in [5.74, 6) is 0.955. The van der Waals surface area contributed by atoms with Crippen LogP contribution in [0.1, 0.15) is 44.5 Å². The summed E-state index contributed by atoms with van der Waals surface area (Å²) >= 11 is 1.54. The molecule has 0 saturated carbocycles. The average Bonchev–Trinajstić information content (AvgIpc) is 2.76. The lowest BCUT2D eigenvalue weighted by Crippen LogP contribution is -2.29. The van der Waals surface area contributed by atoms with Gasteiger partial charge in [0.25, 0.3) is 0 Å². The van der Waals surface area contributed by atoms with Crippen molar-refractivity contribution in [2.45, 2.75) is 46.1 Å². The number of anilines is 1. The zero-order valence-corrected chi connectivity index (χ0v) is 12.5. The van der Waals surface area contributed by atoms with Crippen LogP contribution in [-0.4, -0.2) is 34.1 Å². The third-order valence-corrected chi connectivity index (χ3v) is 4.49. The van der Waals surface area contributed by atoms with Crippen molar-refractivity contribution in [3.8, 4) is 0 Å². The first-order valence-electron chi connectivity index (χ1n) is 7.07. The summed E-state index contributed by atoms with van der Waals surface area (Å²) in [5, 5.41) is 13.1. The summed E-state index contributed by atoms with van der Waals surface area (Å²) in [7, 11) is 0. The number of amides is 1. The van der Waals surface area contributed by atoms with E-state index < -0.39 is 0 Å². The second kappa shape index (κ2) is 6.84. The van der Waals surface area contributed by atoms with Crippen LogP contribution in [0, 0.1) is 5.92 Å². The maximum Gasteiger partial charge on any atom is 0.222 e. The van der Waals surface area contributed by atoms with E-state index in [1.54, 1.807) is 0 Å². The zero-order chi connectivity index (χ0) is 13.7. The molecule has 0 radical (unpaired) electrons. The number of likely N-dealkylation sites (tertiary alicyclic amines) is 1. The van der Waals surface area contributed by atoms with Gasteiger partial charge < -0.3 is 10.2 Å². The molecule has 2 heterocycles. The molecule has 1 atom stereocenters. The van der Waals surface area contributed by atoms with E-state index in [0.29, 0.717) is 18.9 Å². The van der Waals surface area contributed by atoms with E-state index in [0.717, 1.165) is 36.1 Å². The van der Waals surface area contributed by atoms with Gasteiger partial charge in [-0.1, -0.05) is 24.7 Å². The van der Waals surface area contributed by atoms with Gasteiger partial charge >= 0.3 is 0 Å². The van der Waals surface area contributed by atoms with Crippen LogP contribution in [0.4, 0.5) is 5.13 Å². The van der Waals surface area contributed by atoms with Gasteiger partial charge in [-0.15, -0.1) is 10.2 Å². The highest BCUT2D eigenvalue weighted by atomic mass is 32.1. The first-order valence-corrected chi connectivity index (χ1v) is 7.88. The van der Waals surface area contributed by atoms with E-state index in [9.17, 15) is 4.79 Å². The summed E-state index contributed by atoms with van der Waals surface area (Å²) in [4.78, 5) is 14.0. The first kappa shape index (κ1) is 14.2. The monoisotopic (exact) mass is 282 g/mol. The fraction of sp³-hybridized carbons (Fsp3) is 0.769. The molecule has 1 aliphatic rings. The Hall–Kier alpha value is -1.17. The highest BCUT2D eigenvalue weighted by Gasteiger charge is 2.22. The fourth-order valence-electron chi connectivity index (χ4n) is 2.37.